The van der Waals surface area contributed by atoms with Crippen molar-refractivity contribution in [2.24, 2.45) is 11.8 Å². The van der Waals surface area contributed by atoms with Gasteiger partial charge in [-0.3, -0.25) is 14.4 Å². The zero-order valence-corrected chi connectivity index (χ0v) is 18.9. The first-order valence-electron chi connectivity index (χ1n) is 11.5. The number of carbonyl (C=O) groups excluding carboxylic acids is 3. The molecular weight excluding hydrogens is 442 g/mol. The molecule has 4 N–H and O–H groups in total. The zero-order chi connectivity index (χ0) is 23.2. The number of benzene rings is 1. The predicted molar refractivity (Wildman–Crippen MR) is 122 cm³/mol. The fourth-order valence-electron chi connectivity index (χ4n) is 4.75. The van der Waals surface area contributed by atoms with Crippen molar-refractivity contribution >= 4 is 40.2 Å². The van der Waals surface area contributed by atoms with E-state index in [0.29, 0.717) is 35.0 Å². The molecule has 1 aromatic heterocycles. The van der Waals surface area contributed by atoms with E-state index in [0.717, 1.165) is 31.1 Å². The summed E-state index contributed by atoms with van der Waals surface area (Å²) in [6.07, 6.45) is 5.51. The number of nitriles is 1. The Morgan fingerprint density at radius 2 is 2.03 bits per heavy atom. The second kappa shape index (κ2) is 8.38. The molecule has 0 unspecified atom stereocenters. The molecule has 33 heavy (non-hydrogen) atoms. The molecule has 3 fully saturated rings. The number of carbonyl (C=O) groups is 3. The summed E-state index contributed by atoms with van der Waals surface area (Å²) < 4.78 is 0. The van der Waals surface area contributed by atoms with E-state index in [4.69, 9.17) is 11.6 Å². The van der Waals surface area contributed by atoms with Gasteiger partial charge in [0, 0.05) is 16.8 Å². The zero-order valence-electron chi connectivity index (χ0n) is 18.1. The molecule has 0 radical (unpaired) electrons. The van der Waals surface area contributed by atoms with Crippen molar-refractivity contribution < 1.29 is 14.4 Å². The molecule has 5 rings (SSSR count). The molecule has 3 atom stereocenters. The summed E-state index contributed by atoms with van der Waals surface area (Å²) in [7, 11) is 0. The van der Waals surface area contributed by atoms with Gasteiger partial charge in [-0.1, -0.05) is 36.6 Å². The fourth-order valence-corrected chi connectivity index (χ4v) is 4.97. The third kappa shape index (κ3) is 4.69. The van der Waals surface area contributed by atoms with E-state index in [2.05, 4.69) is 27.0 Å². The molecule has 2 saturated carbocycles. The third-order valence-corrected chi connectivity index (χ3v) is 7.30. The highest BCUT2D eigenvalue weighted by atomic mass is 35.5. The van der Waals surface area contributed by atoms with Crippen molar-refractivity contribution in [3.63, 3.8) is 0 Å². The van der Waals surface area contributed by atoms with Crippen LogP contribution in [-0.4, -0.2) is 40.3 Å². The SMILES string of the molecule is N#C[C@H](C[C@@H]1CC2(CC2)NC1=O)NC(=O)[C@H](CC1CC1)NC(=O)c1cc2cccc(Cl)c2[nH]1. The van der Waals surface area contributed by atoms with Crippen LogP contribution in [0.25, 0.3) is 10.9 Å². The van der Waals surface area contributed by atoms with Crippen LogP contribution >= 0.6 is 11.6 Å². The molecule has 3 amide bonds. The van der Waals surface area contributed by atoms with Crippen molar-refractivity contribution in [3.8, 4) is 6.07 Å². The molecule has 8 nitrogen and oxygen atoms in total. The molecule has 1 saturated heterocycles. The monoisotopic (exact) mass is 467 g/mol. The first kappa shape index (κ1) is 21.8. The Kier molecular flexibility index (Phi) is 5.53. The Bertz CT molecular complexity index is 1160. The molecule has 0 bridgehead atoms. The molecule has 2 aliphatic carbocycles. The van der Waals surface area contributed by atoms with Gasteiger partial charge in [-0.05, 0) is 50.2 Å². The highest BCUT2D eigenvalue weighted by Gasteiger charge is 2.52. The van der Waals surface area contributed by atoms with Crippen molar-refractivity contribution in [2.75, 3.05) is 0 Å². The summed E-state index contributed by atoms with van der Waals surface area (Å²) in [6.45, 7) is 0. The van der Waals surface area contributed by atoms with E-state index in [1.807, 2.05) is 6.07 Å². The Hall–Kier alpha value is -3.05. The number of nitrogens with zero attached hydrogens (tertiary/aromatic N) is 1. The summed E-state index contributed by atoms with van der Waals surface area (Å²) in [5, 5.41) is 19.5. The lowest BCUT2D eigenvalue weighted by molar-refractivity contribution is -0.125. The third-order valence-electron chi connectivity index (χ3n) is 6.98. The minimum atomic E-state index is -0.785. The maximum Gasteiger partial charge on any atom is 0.268 e. The molecule has 9 heteroatoms. The number of hydrogen-bond acceptors (Lipinski definition) is 4. The summed E-state index contributed by atoms with van der Waals surface area (Å²) in [6, 6.07) is 7.68. The Morgan fingerprint density at radius 1 is 1.24 bits per heavy atom. The molecule has 3 aliphatic rings. The van der Waals surface area contributed by atoms with Gasteiger partial charge < -0.3 is 20.9 Å². The van der Waals surface area contributed by atoms with Crippen molar-refractivity contribution in [2.45, 2.75) is 62.6 Å². The van der Waals surface area contributed by atoms with Gasteiger partial charge in [-0.2, -0.15) is 5.26 Å². The number of fused-ring (bicyclic) bond motifs is 1. The molecular formula is C24H26ClN5O3. The Labute approximate surface area is 196 Å². The first-order valence-corrected chi connectivity index (χ1v) is 11.8. The average Bonchev–Trinajstić information content (AvgIpc) is 3.68. The number of nitrogens with one attached hydrogen (secondary N) is 4. The molecule has 2 heterocycles. The Balaban J connectivity index is 1.25. The van der Waals surface area contributed by atoms with Gasteiger partial charge >= 0.3 is 0 Å². The molecule has 2 aromatic rings. The maximum atomic E-state index is 13.1. The van der Waals surface area contributed by atoms with Gasteiger partial charge in [0.2, 0.25) is 11.8 Å². The summed E-state index contributed by atoms with van der Waals surface area (Å²) in [5.74, 6) is -0.723. The van der Waals surface area contributed by atoms with Gasteiger partial charge in [-0.25, -0.2) is 0 Å². The van der Waals surface area contributed by atoms with Crippen LogP contribution in [0.2, 0.25) is 5.02 Å². The fraction of sp³-hybridized carbons (Fsp3) is 0.500. The lowest BCUT2D eigenvalue weighted by Gasteiger charge is -2.21. The first-order chi connectivity index (χ1) is 15.9. The lowest BCUT2D eigenvalue weighted by Crippen LogP contribution is -2.50. The highest BCUT2D eigenvalue weighted by molar-refractivity contribution is 6.35. The van der Waals surface area contributed by atoms with E-state index in [1.165, 1.54) is 0 Å². The van der Waals surface area contributed by atoms with Crippen molar-refractivity contribution in [1.29, 1.82) is 5.26 Å². The van der Waals surface area contributed by atoms with Gasteiger partial charge in [-0.15, -0.1) is 0 Å². The van der Waals surface area contributed by atoms with Gasteiger partial charge in [0.05, 0.1) is 16.6 Å². The van der Waals surface area contributed by atoms with E-state index < -0.39 is 23.9 Å². The largest absolute Gasteiger partial charge is 0.350 e. The van der Waals surface area contributed by atoms with E-state index >= 15 is 0 Å². The van der Waals surface area contributed by atoms with Crippen LogP contribution in [0.5, 0.6) is 0 Å². The van der Waals surface area contributed by atoms with Crippen molar-refractivity contribution in [3.05, 3.63) is 35.0 Å². The van der Waals surface area contributed by atoms with E-state index in [9.17, 15) is 19.6 Å². The summed E-state index contributed by atoms with van der Waals surface area (Å²) in [4.78, 5) is 41.2. The number of H-pyrrole nitrogens is 1. The summed E-state index contributed by atoms with van der Waals surface area (Å²) >= 11 is 6.20. The normalized spacial score (nSPS) is 22.4. The molecule has 1 spiro atoms. The second-order valence-corrected chi connectivity index (χ2v) is 10.1. The molecule has 1 aliphatic heterocycles. The number of amides is 3. The number of para-hydroxylation sites is 1. The van der Waals surface area contributed by atoms with E-state index in [1.54, 1.807) is 18.2 Å². The van der Waals surface area contributed by atoms with Crippen LogP contribution in [0.4, 0.5) is 0 Å². The average molecular weight is 468 g/mol. The lowest BCUT2D eigenvalue weighted by atomic mass is 9.95. The van der Waals surface area contributed by atoms with Gasteiger partial charge in [0.1, 0.15) is 17.8 Å². The van der Waals surface area contributed by atoms with Crippen LogP contribution in [0, 0.1) is 23.2 Å². The predicted octanol–water partition coefficient (Wildman–Crippen LogP) is 2.79. The van der Waals surface area contributed by atoms with E-state index in [-0.39, 0.29) is 23.8 Å². The highest BCUT2D eigenvalue weighted by Crippen LogP contribution is 2.46. The molecule has 172 valence electrons. The smallest absolute Gasteiger partial charge is 0.268 e. The standard InChI is InChI=1S/C24H26ClN5O3/c25-17-3-1-2-14-10-19(28-20(14)17)23(33)29-18(8-13-4-5-13)22(32)27-16(12-26)9-15-11-24(6-7-24)30-21(15)31/h1-3,10,13,15-16,18,28H,4-9,11H2,(H,27,32)(H,29,33)(H,30,31)/t15-,16+,18+/m1/s1. The van der Waals surface area contributed by atoms with Crippen molar-refractivity contribution in [1.82, 2.24) is 20.9 Å². The second-order valence-electron chi connectivity index (χ2n) is 9.69. The Morgan fingerprint density at radius 3 is 2.67 bits per heavy atom. The number of rotatable bonds is 8. The number of hydrogen-bond donors (Lipinski definition) is 4. The van der Waals surface area contributed by atoms with Crippen LogP contribution in [-0.2, 0) is 9.59 Å². The number of aromatic amines is 1. The number of aromatic nitrogens is 1. The van der Waals surface area contributed by atoms with Crippen LogP contribution in [0.15, 0.2) is 24.3 Å². The van der Waals surface area contributed by atoms with Crippen LogP contribution in [0.3, 0.4) is 0 Å². The van der Waals surface area contributed by atoms with Crippen LogP contribution < -0.4 is 16.0 Å². The molecule has 1 aromatic carbocycles. The minimum absolute atomic E-state index is 0.0395. The van der Waals surface area contributed by atoms with Crippen LogP contribution in [0.1, 0.15) is 55.4 Å². The maximum absolute atomic E-state index is 13.1. The number of halogens is 1. The van der Waals surface area contributed by atoms with Gasteiger partial charge in [0.25, 0.3) is 5.91 Å². The van der Waals surface area contributed by atoms with Gasteiger partial charge in [0.15, 0.2) is 0 Å². The topological polar surface area (TPSA) is 127 Å². The quantitative estimate of drug-likeness (QED) is 0.476. The summed E-state index contributed by atoms with van der Waals surface area (Å²) in [5.41, 5.74) is 0.915. The minimum Gasteiger partial charge on any atom is -0.350 e.